The highest BCUT2D eigenvalue weighted by molar-refractivity contribution is 7.89. The zero-order valence-electron chi connectivity index (χ0n) is 20.1. The number of amides is 1. The maximum atomic E-state index is 12.9. The number of nitrogens with one attached hydrogen (secondary N) is 1. The van der Waals surface area contributed by atoms with E-state index in [4.69, 9.17) is 16.1 Å². The van der Waals surface area contributed by atoms with E-state index in [2.05, 4.69) is 17.4 Å². The van der Waals surface area contributed by atoms with Gasteiger partial charge in [-0.3, -0.25) is 4.79 Å². The van der Waals surface area contributed by atoms with E-state index in [9.17, 15) is 13.2 Å². The predicted molar refractivity (Wildman–Crippen MR) is 143 cm³/mol. The first-order chi connectivity index (χ1) is 17.2. The van der Waals surface area contributed by atoms with Crippen molar-refractivity contribution < 1.29 is 18.4 Å². The van der Waals surface area contributed by atoms with Gasteiger partial charge >= 0.3 is 0 Å². The molecular weight excluding hydrogens is 478 g/mol. The zero-order valence-corrected chi connectivity index (χ0v) is 20.9. The molecule has 0 aromatic heterocycles. The summed E-state index contributed by atoms with van der Waals surface area (Å²) in [5, 5.41) is 20.3. The van der Waals surface area contributed by atoms with Gasteiger partial charge in [-0.25, -0.2) is 13.6 Å². The second kappa shape index (κ2) is 12.2. The van der Waals surface area contributed by atoms with Gasteiger partial charge in [0.05, 0.1) is 11.4 Å². The summed E-state index contributed by atoms with van der Waals surface area (Å²) in [6, 6.07) is 20.6. The number of rotatable bonds is 11. The van der Waals surface area contributed by atoms with Crippen LogP contribution >= 0.6 is 0 Å². The van der Waals surface area contributed by atoms with Gasteiger partial charge in [-0.05, 0) is 42.3 Å². The molecule has 0 heterocycles. The third kappa shape index (κ3) is 7.06. The van der Waals surface area contributed by atoms with Crippen molar-refractivity contribution >= 4 is 33.1 Å². The van der Waals surface area contributed by atoms with E-state index in [0.717, 1.165) is 24.9 Å². The molecule has 3 aromatic rings. The first-order valence-corrected chi connectivity index (χ1v) is 13.1. The second-order valence-corrected chi connectivity index (χ2v) is 9.86. The minimum absolute atomic E-state index is 0.00101. The number of benzene rings is 3. The van der Waals surface area contributed by atoms with Crippen LogP contribution in [-0.2, 0) is 14.8 Å². The lowest BCUT2D eigenvalue weighted by molar-refractivity contribution is -0.115. The number of primary sulfonamides is 1. The Hall–Kier alpha value is -3.89. The van der Waals surface area contributed by atoms with Crippen molar-refractivity contribution in [2.75, 3.05) is 23.3 Å². The first kappa shape index (κ1) is 26.7. The summed E-state index contributed by atoms with van der Waals surface area (Å²) >= 11 is 0. The molecule has 0 aliphatic heterocycles. The van der Waals surface area contributed by atoms with E-state index in [1.165, 1.54) is 6.07 Å². The Morgan fingerprint density at radius 2 is 1.75 bits per heavy atom. The molecule has 9 nitrogen and oxygen atoms in total. The van der Waals surface area contributed by atoms with Gasteiger partial charge in [0.2, 0.25) is 15.9 Å². The molecule has 0 unspecified atom stereocenters. The van der Waals surface area contributed by atoms with Crippen LogP contribution in [0, 0.1) is 0 Å². The number of amidine groups is 1. The van der Waals surface area contributed by atoms with Gasteiger partial charge in [0, 0.05) is 29.0 Å². The minimum atomic E-state index is -3.88. The predicted octanol–water partition coefficient (Wildman–Crippen LogP) is 3.73. The maximum Gasteiger partial charge on any atom is 0.243 e. The molecule has 0 aliphatic carbocycles. The van der Waals surface area contributed by atoms with Gasteiger partial charge < -0.3 is 21.2 Å². The largest absolute Gasteiger partial charge is 0.409 e. The van der Waals surface area contributed by atoms with E-state index in [-0.39, 0.29) is 23.2 Å². The summed E-state index contributed by atoms with van der Waals surface area (Å²) in [7, 11) is -3.88. The summed E-state index contributed by atoms with van der Waals surface area (Å²) in [5.41, 5.74) is 8.83. The van der Waals surface area contributed by atoms with Crippen LogP contribution in [0.15, 0.2) is 82.8 Å². The molecular formula is C26H31N5O4S. The third-order valence-corrected chi connectivity index (χ3v) is 6.62. The molecule has 0 radical (unpaired) electrons. The van der Waals surface area contributed by atoms with Crippen LogP contribution in [0.2, 0.25) is 0 Å². The quantitative estimate of drug-likeness (QED) is 0.102. The van der Waals surface area contributed by atoms with E-state index >= 15 is 0 Å². The molecule has 3 aromatic carbocycles. The highest BCUT2D eigenvalue weighted by atomic mass is 32.2. The Morgan fingerprint density at radius 1 is 1.03 bits per heavy atom. The molecule has 1 amide bonds. The number of hydrogen-bond acceptors (Lipinski definition) is 6. The van der Waals surface area contributed by atoms with Crippen molar-refractivity contribution in [3.05, 3.63) is 78.4 Å². The highest BCUT2D eigenvalue weighted by Gasteiger charge is 2.16. The Bertz CT molecular complexity index is 1320. The van der Waals surface area contributed by atoms with Crippen LogP contribution in [0.3, 0.4) is 0 Å². The van der Waals surface area contributed by atoms with Crippen LogP contribution in [0.1, 0.15) is 31.7 Å². The molecule has 10 heteroatoms. The van der Waals surface area contributed by atoms with Crippen molar-refractivity contribution in [2.45, 2.75) is 31.1 Å². The molecule has 0 spiro atoms. The third-order valence-electron chi connectivity index (χ3n) is 5.65. The minimum Gasteiger partial charge on any atom is -0.409 e. The molecule has 0 saturated heterocycles. The van der Waals surface area contributed by atoms with Crippen LogP contribution in [-0.4, -0.2) is 38.5 Å². The lowest BCUT2D eigenvalue weighted by atomic mass is 10.1. The number of unbranched alkanes of at least 4 members (excludes halogenated alkanes) is 2. The summed E-state index contributed by atoms with van der Waals surface area (Å²) in [4.78, 5) is 14.9. The molecule has 0 bridgehead atoms. The van der Waals surface area contributed by atoms with Gasteiger partial charge in [-0.1, -0.05) is 67.4 Å². The van der Waals surface area contributed by atoms with Crippen LogP contribution in [0.25, 0.3) is 11.1 Å². The summed E-state index contributed by atoms with van der Waals surface area (Å²) < 4.78 is 23.8. The number of carbonyl (C=O) groups is 1. The fraction of sp³-hybridized carbons (Fsp3) is 0.231. The number of nitrogens with zero attached hydrogens (tertiary/aromatic N) is 2. The molecule has 36 heavy (non-hydrogen) atoms. The molecule has 0 aliphatic rings. The second-order valence-electron chi connectivity index (χ2n) is 8.33. The lowest BCUT2D eigenvalue weighted by Gasteiger charge is -2.25. The van der Waals surface area contributed by atoms with Crippen molar-refractivity contribution in [3.63, 3.8) is 0 Å². The lowest BCUT2D eigenvalue weighted by Crippen LogP contribution is -2.34. The molecule has 0 atom stereocenters. The molecule has 3 rings (SSSR count). The maximum absolute atomic E-state index is 12.9. The van der Waals surface area contributed by atoms with Crippen molar-refractivity contribution in [1.82, 2.24) is 0 Å². The fourth-order valence-corrected chi connectivity index (χ4v) is 4.59. The van der Waals surface area contributed by atoms with Gasteiger partial charge in [-0.15, -0.1) is 0 Å². The van der Waals surface area contributed by atoms with Gasteiger partial charge in [0.15, 0.2) is 5.84 Å². The highest BCUT2D eigenvalue weighted by Crippen LogP contribution is 2.27. The van der Waals surface area contributed by atoms with Crippen LogP contribution < -0.4 is 21.1 Å². The van der Waals surface area contributed by atoms with Gasteiger partial charge in [-0.2, -0.15) is 0 Å². The summed E-state index contributed by atoms with van der Waals surface area (Å²) in [5.74, 6) is -0.211. The van der Waals surface area contributed by atoms with Crippen molar-refractivity contribution in [1.29, 1.82) is 0 Å². The molecule has 0 fully saturated rings. The van der Waals surface area contributed by atoms with Crippen molar-refractivity contribution in [2.24, 2.45) is 16.0 Å². The number of carbonyl (C=O) groups excluding carboxylic acids is 1. The van der Waals surface area contributed by atoms with Crippen LogP contribution in [0.4, 0.5) is 11.4 Å². The number of hydrogen-bond donors (Lipinski definition) is 4. The van der Waals surface area contributed by atoms with E-state index in [1.807, 2.05) is 11.0 Å². The molecule has 190 valence electrons. The Balaban J connectivity index is 1.75. The molecule has 0 saturated carbocycles. The smallest absolute Gasteiger partial charge is 0.243 e. The normalized spacial score (nSPS) is 11.8. The topological polar surface area (TPSA) is 151 Å². The molecule has 6 N–H and O–H groups in total. The Morgan fingerprint density at radius 3 is 2.42 bits per heavy atom. The summed E-state index contributed by atoms with van der Waals surface area (Å²) in [6.07, 6.45) is 2.99. The monoisotopic (exact) mass is 509 g/mol. The Labute approximate surface area is 211 Å². The zero-order chi connectivity index (χ0) is 26.1. The number of oxime groups is 1. The number of anilines is 2. The van der Waals surface area contributed by atoms with E-state index in [1.54, 1.807) is 60.7 Å². The van der Waals surface area contributed by atoms with E-state index < -0.39 is 10.0 Å². The van der Waals surface area contributed by atoms with Crippen LogP contribution in [0.5, 0.6) is 0 Å². The average Bonchev–Trinajstić information content (AvgIpc) is 2.87. The Kier molecular flexibility index (Phi) is 9.04. The average molecular weight is 510 g/mol. The standard InChI is InChI=1S/C26H31N5O4S/c1-2-3-6-16-31(22-9-7-8-20(17-22)26(27)30-33)18-25(32)29-21-14-12-19(13-15-21)23-10-4-5-11-24(23)36(28,34)35/h4-5,7-15,17,33H,2-3,6,16,18H2,1H3,(H2,27,30)(H,29,32)(H2,28,34,35). The van der Waals surface area contributed by atoms with Crippen molar-refractivity contribution in [3.8, 4) is 11.1 Å². The first-order valence-electron chi connectivity index (χ1n) is 11.6. The SMILES string of the molecule is CCCCCN(CC(=O)Nc1ccc(-c2ccccc2S(N)(=O)=O)cc1)c1cccc(C(N)=NO)c1. The van der Waals surface area contributed by atoms with Gasteiger partial charge in [0.1, 0.15) is 0 Å². The van der Waals surface area contributed by atoms with Gasteiger partial charge in [0.25, 0.3) is 0 Å². The number of sulfonamides is 1. The number of nitrogens with two attached hydrogens (primary N) is 2. The summed E-state index contributed by atoms with van der Waals surface area (Å²) in [6.45, 7) is 2.89. The fourth-order valence-electron chi connectivity index (χ4n) is 3.83. The van der Waals surface area contributed by atoms with E-state index in [0.29, 0.717) is 28.9 Å².